The fraction of sp³-hybridized carbons (Fsp3) is 0.625. The van der Waals surface area contributed by atoms with Gasteiger partial charge in [-0.25, -0.2) is 17.1 Å². The number of hydrogen-bond acceptors (Lipinski definition) is 3. The van der Waals surface area contributed by atoms with Crippen LogP contribution >= 0.6 is 0 Å². The summed E-state index contributed by atoms with van der Waals surface area (Å²) in [5, 5.41) is 3.58. The zero-order valence-corrected chi connectivity index (χ0v) is 14.2. The molecule has 1 N–H and O–H groups in total. The van der Waals surface area contributed by atoms with Gasteiger partial charge in [0.15, 0.2) is 0 Å². The Morgan fingerprint density at radius 1 is 1.36 bits per heavy atom. The average molecular weight is 328 g/mol. The normalized spacial score (nSPS) is 25.1. The number of halogens is 1. The van der Waals surface area contributed by atoms with Crippen LogP contribution in [0.15, 0.2) is 24.3 Å². The van der Waals surface area contributed by atoms with Gasteiger partial charge in [0, 0.05) is 25.2 Å². The monoisotopic (exact) mass is 328 g/mol. The lowest BCUT2D eigenvalue weighted by Crippen LogP contribution is -2.51. The maximum Gasteiger partial charge on any atom is 0.211 e. The van der Waals surface area contributed by atoms with Gasteiger partial charge in [0.2, 0.25) is 10.0 Å². The minimum absolute atomic E-state index is 0.115. The molecule has 22 heavy (non-hydrogen) atoms. The van der Waals surface area contributed by atoms with Gasteiger partial charge in [0.1, 0.15) is 5.82 Å². The van der Waals surface area contributed by atoms with Crippen molar-refractivity contribution >= 4 is 10.0 Å². The minimum Gasteiger partial charge on any atom is -0.307 e. The van der Waals surface area contributed by atoms with E-state index in [2.05, 4.69) is 19.2 Å². The molecule has 4 nitrogen and oxygen atoms in total. The van der Waals surface area contributed by atoms with E-state index in [-0.39, 0.29) is 17.9 Å². The van der Waals surface area contributed by atoms with E-state index in [0.29, 0.717) is 19.0 Å². The number of sulfonamides is 1. The van der Waals surface area contributed by atoms with Crippen molar-refractivity contribution in [1.82, 2.24) is 9.62 Å². The maximum atomic E-state index is 13.0. The smallest absolute Gasteiger partial charge is 0.211 e. The Morgan fingerprint density at radius 2 is 2.00 bits per heavy atom. The predicted molar refractivity (Wildman–Crippen MR) is 86.6 cm³/mol. The van der Waals surface area contributed by atoms with Gasteiger partial charge >= 0.3 is 0 Å². The second-order valence-electron chi connectivity index (χ2n) is 6.12. The molecule has 1 aliphatic rings. The lowest BCUT2D eigenvalue weighted by molar-refractivity contribution is 0.193. The zero-order valence-electron chi connectivity index (χ0n) is 13.4. The molecule has 1 aliphatic heterocycles. The summed E-state index contributed by atoms with van der Waals surface area (Å²) in [7, 11) is -3.11. The second kappa shape index (κ2) is 7.06. The molecule has 0 aromatic heterocycles. The van der Waals surface area contributed by atoms with Gasteiger partial charge in [-0.15, -0.1) is 0 Å². The molecule has 0 aliphatic carbocycles. The van der Waals surface area contributed by atoms with Gasteiger partial charge < -0.3 is 5.32 Å². The summed E-state index contributed by atoms with van der Waals surface area (Å²) in [6.07, 6.45) is 3.01. The zero-order chi connectivity index (χ0) is 16.3. The van der Waals surface area contributed by atoms with Crippen LogP contribution in [0.25, 0.3) is 0 Å². The van der Waals surface area contributed by atoms with E-state index in [4.69, 9.17) is 0 Å². The number of nitrogens with one attached hydrogen (secondary N) is 1. The first-order valence-electron chi connectivity index (χ1n) is 7.78. The van der Waals surface area contributed by atoms with Crippen LogP contribution in [0.4, 0.5) is 4.39 Å². The fourth-order valence-corrected chi connectivity index (χ4v) is 4.00. The third kappa shape index (κ3) is 4.27. The Kier molecular flexibility index (Phi) is 5.58. The molecule has 3 atom stereocenters. The van der Waals surface area contributed by atoms with Crippen LogP contribution in [0.2, 0.25) is 0 Å². The van der Waals surface area contributed by atoms with Crippen LogP contribution in [0.3, 0.4) is 0 Å². The molecule has 0 unspecified atom stereocenters. The second-order valence-corrected chi connectivity index (χ2v) is 8.11. The summed E-state index contributed by atoms with van der Waals surface area (Å²) in [6.45, 7) is 5.28. The number of hydrogen-bond donors (Lipinski definition) is 1. The van der Waals surface area contributed by atoms with Crippen molar-refractivity contribution in [3.8, 4) is 0 Å². The van der Waals surface area contributed by atoms with Crippen LogP contribution < -0.4 is 5.32 Å². The molecule has 1 saturated heterocycles. The summed E-state index contributed by atoms with van der Waals surface area (Å²) in [4.78, 5) is 0. The molecule has 1 aromatic carbocycles. The van der Waals surface area contributed by atoms with Gasteiger partial charge in [-0.1, -0.05) is 25.5 Å². The highest BCUT2D eigenvalue weighted by atomic mass is 32.2. The van der Waals surface area contributed by atoms with Gasteiger partial charge in [0.25, 0.3) is 0 Å². The van der Waals surface area contributed by atoms with Crippen LogP contribution in [0.1, 0.15) is 38.3 Å². The molecule has 1 aromatic rings. The van der Waals surface area contributed by atoms with E-state index in [0.717, 1.165) is 18.4 Å². The van der Waals surface area contributed by atoms with E-state index in [1.165, 1.54) is 18.4 Å². The Balaban J connectivity index is 2.01. The molecule has 124 valence electrons. The molecular weight excluding hydrogens is 303 g/mol. The molecule has 0 radical (unpaired) electrons. The maximum absolute atomic E-state index is 13.0. The van der Waals surface area contributed by atoms with Crippen molar-refractivity contribution < 1.29 is 12.8 Å². The van der Waals surface area contributed by atoms with Crippen molar-refractivity contribution in [1.29, 1.82) is 0 Å². The molecule has 2 rings (SSSR count). The third-order valence-electron chi connectivity index (χ3n) is 4.52. The highest BCUT2D eigenvalue weighted by Gasteiger charge is 2.32. The van der Waals surface area contributed by atoms with E-state index in [1.807, 2.05) is 0 Å². The molecular formula is C16H25FN2O2S. The molecule has 1 fully saturated rings. The van der Waals surface area contributed by atoms with E-state index in [9.17, 15) is 12.8 Å². The quantitative estimate of drug-likeness (QED) is 0.904. The molecule has 0 amide bonds. The number of benzene rings is 1. The molecule has 0 spiro atoms. The van der Waals surface area contributed by atoms with E-state index in [1.54, 1.807) is 16.4 Å². The number of piperidine rings is 1. The summed E-state index contributed by atoms with van der Waals surface area (Å²) >= 11 is 0. The Hall–Kier alpha value is -0.980. The van der Waals surface area contributed by atoms with Gasteiger partial charge in [-0.05, 0) is 37.0 Å². The summed E-state index contributed by atoms with van der Waals surface area (Å²) in [5.41, 5.74) is 1.04. The van der Waals surface area contributed by atoms with E-state index < -0.39 is 10.0 Å². The summed E-state index contributed by atoms with van der Waals surface area (Å²) in [6, 6.07) is 6.92. The first-order chi connectivity index (χ1) is 10.3. The highest BCUT2D eigenvalue weighted by Crippen LogP contribution is 2.25. The molecule has 0 saturated carbocycles. The summed E-state index contributed by atoms with van der Waals surface area (Å²) < 4.78 is 38.0. The van der Waals surface area contributed by atoms with Crippen molar-refractivity contribution in [2.45, 2.75) is 38.8 Å². The predicted octanol–water partition coefficient (Wildman–Crippen LogP) is 2.54. The van der Waals surface area contributed by atoms with Gasteiger partial charge in [0.05, 0.1) is 6.26 Å². The van der Waals surface area contributed by atoms with Gasteiger partial charge in [-0.2, -0.15) is 0 Å². The van der Waals surface area contributed by atoms with Gasteiger partial charge in [-0.3, -0.25) is 0 Å². The Labute approximate surface area is 132 Å². The lowest BCUT2D eigenvalue weighted by Gasteiger charge is -2.38. The Bertz CT molecular complexity index is 589. The third-order valence-corrected chi connectivity index (χ3v) is 5.79. The van der Waals surface area contributed by atoms with Crippen molar-refractivity contribution in [3.63, 3.8) is 0 Å². The molecule has 0 bridgehead atoms. The van der Waals surface area contributed by atoms with Crippen LogP contribution in [-0.4, -0.2) is 38.1 Å². The largest absolute Gasteiger partial charge is 0.307 e. The topological polar surface area (TPSA) is 49.4 Å². The Morgan fingerprint density at radius 3 is 2.55 bits per heavy atom. The van der Waals surface area contributed by atoms with Crippen LogP contribution in [0.5, 0.6) is 0 Å². The molecule has 6 heteroatoms. The van der Waals surface area contributed by atoms with Crippen molar-refractivity contribution in [2.75, 3.05) is 19.3 Å². The SMILES string of the molecule is CC[C@@H]1CN(S(C)(=O)=O)CC[C@@H]1N[C@H](C)c1ccc(F)cc1. The van der Waals surface area contributed by atoms with Crippen molar-refractivity contribution in [3.05, 3.63) is 35.6 Å². The fourth-order valence-electron chi connectivity index (χ4n) is 3.10. The molecule has 1 heterocycles. The summed E-state index contributed by atoms with van der Waals surface area (Å²) in [5.74, 6) is 0.0650. The lowest BCUT2D eigenvalue weighted by atomic mass is 9.90. The van der Waals surface area contributed by atoms with Crippen LogP contribution in [0, 0.1) is 11.7 Å². The number of rotatable bonds is 5. The highest BCUT2D eigenvalue weighted by molar-refractivity contribution is 7.88. The first-order valence-corrected chi connectivity index (χ1v) is 9.62. The van der Waals surface area contributed by atoms with E-state index >= 15 is 0 Å². The van der Waals surface area contributed by atoms with Crippen molar-refractivity contribution in [2.24, 2.45) is 5.92 Å². The standard InChI is InChI=1S/C16H25FN2O2S/c1-4-13-11-19(22(3,20)21)10-9-16(13)18-12(2)14-5-7-15(17)8-6-14/h5-8,12-13,16,18H,4,9-11H2,1-3H3/t12-,13-,16+/m1/s1. The van der Waals surface area contributed by atoms with Crippen LogP contribution in [-0.2, 0) is 10.0 Å². The average Bonchev–Trinajstić information content (AvgIpc) is 2.47. The first kappa shape index (κ1) is 17.4. The number of nitrogens with zero attached hydrogens (tertiary/aromatic N) is 1. The minimum atomic E-state index is -3.11.